The van der Waals surface area contributed by atoms with E-state index in [0.29, 0.717) is 37.4 Å². The van der Waals surface area contributed by atoms with Crippen LogP contribution in [0.1, 0.15) is 53.0 Å². The molecule has 1 aliphatic rings. The number of carbonyl (C=O) groups is 1. The normalized spacial score (nSPS) is 18.6. The molecule has 0 radical (unpaired) electrons. The number of nitrogens with one attached hydrogen (secondary N) is 1. The standard InChI is InChI=1S/C20H31N5O3S/c1-14(2)9-10-21-20(26)16-6-5-11-24(13-16)29(27,28)17-7-8-19-18(12-17)22-23-25(19)15(3)4/h7-8,12,14-16H,5-6,9-11,13H2,1-4H3,(H,21,26)/t16-/m1/s1. The molecule has 1 aromatic heterocycles. The Bertz CT molecular complexity index is 968. The van der Waals surface area contributed by atoms with Crippen LogP contribution in [0, 0.1) is 11.8 Å². The molecule has 0 spiro atoms. The summed E-state index contributed by atoms with van der Waals surface area (Å²) in [7, 11) is -3.69. The monoisotopic (exact) mass is 421 g/mol. The summed E-state index contributed by atoms with van der Waals surface area (Å²) in [6.07, 6.45) is 2.30. The lowest BCUT2D eigenvalue weighted by atomic mass is 9.98. The van der Waals surface area contributed by atoms with Crippen LogP contribution in [0.3, 0.4) is 0 Å². The van der Waals surface area contributed by atoms with Crippen molar-refractivity contribution in [3.05, 3.63) is 18.2 Å². The molecule has 2 heterocycles. The molecule has 1 N–H and O–H groups in total. The van der Waals surface area contributed by atoms with Crippen LogP contribution in [0.25, 0.3) is 11.0 Å². The molecule has 1 fully saturated rings. The van der Waals surface area contributed by atoms with E-state index in [1.807, 2.05) is 13.8 Å². The van der Waals surface area contributed by atoms with Crippen LogP contribution < -0.4 is 5.32 Å². The summed E-state index contributed by atoms with van der Waals surface area (Å²) in [5.41, 5.74) is 1.36. The Morgan fingerprint density at radius 2 is 2.03 bits per heavy atom. The topological polar surface area (TPSA) is 97.2 Å². The third-order valence-corrected chi connectivity index (χ3v) is 7.21. The average Bonchev–Trinajstić information content (AvgIpc) is 3.11. The van der Waals surface area contributed by atoms with Crippen molar-refractivity contribution in [2.24, 2.45) is 11.8 Å². The van der Waals surface area contributed by atoms with Crippen LogP contribution in [0.2, 0.25) is 0 Å². The van der Waals surface area contributed by atoms with Gasteiger partial charge in [0.1, 0.15) is 5.52 Å². The number of rotatable bonds is 7. The second-order valence-electron chi connectivity index (χ2n) is 8.45. The molecule has 1 saturated heterocycles. The van der Waals surface area contributed by atoms with Gasteiger partial charge in [0.15, 0.2) is 0 Å². The maximum Gasteiger partial charge on any atom is 0.243 e. The van der Waals surface area contributed by atoms with Crippen LogP contribution in [-0.2, 0) is 14.8 Å². The fourth-order valence-electron chi connectivity index (χ4n) is 3.62. The molecule has 1 amide bonds. The predicted octanol–water partition coefficient (Wildman–Crippen LogP) is 2.58. The Hall–Kier alpha value is -2.00. The van der Waals surface area contributed by atoms with Gasteiger partial charge in [0.05, 0.1) is 16.3 Å². The average molecular weight is 422 g/mol. The van der Waals surface area contributed by atoms with Gasteiger partial charge in [-0.25, -0.2) is 13.1 Å². The van der Waals surface area contributed by atoms with E-state index in [1.165, 1.54) is 4.31 Å². The Morgan fingerprint density at radius 1 is 1.28 bits per heavy atom. The van der Waals surface area contributed by atoms with Crippen LogP contribution in [0.4, 0.5) is 0 Å². The molecule has 9 heteroatoms. The fourth-order valence-corrected chi connectivity index (χ4v) is 5.16. The first-order valence-corrected chi connectivity index (χ1v) is 11.8. The van der Waals surface area contributed by atoms with E-state index in [9.17, 15) is 13.2 Å². The highest BCUT2D eigenvalue weighted by Crippen LogP contribution is 2.26. The van der Waals surface area contributed by atoms with Crippen molar-refractivity contribution in [3.63, 3.8) is 0 Å². The van der Waals surface area contributed by atoms with E-state index in [1.54, 1.807) is 22.9 Å². The first kappa shape index (κ1) is 21.7. The van der Waals surface area contributed by atoms with Gasteiger partial charge in [-0.3, -0.25) is 4.79 Å². The van der Waals surface area contributed by atoms with Gasteiger partial charge in [-0.15, -0.1) is 5.10 Å². The lowest BCUT2D eigenvalue weighted by Crippen LogP contribution is -2.45. The van der Waals surface area contributed by atoms with Crippen LogP contribution in [0.5, 0.6) is 0 Å². The summed E-state index contributed by atoms with van der Waals surface area (Å²) < 4.78 is 29.6. The number of hydrogen-bond donors (Lipinski definition) is 1. The minimum absolute atomic E-state index is 0.0547. The maximum absolute atomic E-state index is 13.2. The smallest absolute Gasteiger partial charge is 0.243 e. The molecule has 1 aromatic carbocycles. The molecular weight excluding hydrogens is 390 g/mol. The number of nitrogens with zero attached hydrogens (tertiary/aromatic N) is 4. The third kappa shape index (κ3) is 4.78. The summed E-state index contributed by atoms with van der Waals surface area (Å²) >= 11 is 0. The van der Waals surface area contributed by atoms with Gasteiger partial charge in [-0.2, -0.15) is 4.31 Å². The van der Waals surface area contributed by atoms with Crippen LogP contribution in [-0.4, -0.2) is 53.3 Å². The minimum atomic E-state index is -3.69. The van der Waals surface area contributed by atoms with Crippen LogP contribution in [0.15, 0.2) is 23.1 Å². The number of sulfonamides is 1. The molecule has 29 heavy (non-hydrogen) atoms. The predicted molar refractivity (Wildman–Crippen MR) is 112 cm³/mol. The van der Waals surface area contributed by atoms with Crippen molar-refractivity contribution >= 4 is 27.0 Å². The summed E-state index contributed by atoms with van der Waals surface area (Å²) in [6, 6.07) is 5.07. The maximum atomic E-state index is 13.2. The zero-order valence-corrected chi connectivity index (χ0v) is 18.4. The number of hydrogen-bond acceptors (Lipinski definition) is 5. The van der Waals surface area contributed by atoms with Gasteiger partial charge in [-0.05, 0) is 57.2 Å². The van der Waals surface area contributed by atoms with Gasteiger partial charge >= 0.3 is 0 Å². The fraction of sp³-hybridized carbons (Fsp3) is 0.650. The number of fused-ring (bicyclic) bond motifs is 1. The Labute approximate surface area is 172 Å². The number of amides is 1. The Morgan fingerprint density at radius 3 is 2.72 bits per heavy atom. The molecule has 1 aliphatic heterocycles. The zero-order chi connectivity index (χ0) is 21.2. The Balaban J connectivity index is 1.75. The van der Waals surface area contributed by atoms with Gasteiger partial charge < -0.3 is 5.32 Å². The second-order valence-corrected chi connectivity index (χ2v) is 10.4. The van der Waals surface area contributed by atoms with Crippen molar-refractivity contribution in [1.82, 2.24) is 24.6 Å². The van der Waals surface area contributed by atoms with Crippen molar-refractivity contribution < 1.29 is 13.2 Å². The van der Waals surface area contributed by atoms with E-state index in [2.05, 4.69) is 29.5 Å². The molecule has 8 nitrogen and oxygen atoms in total. The highest BCUT2D eigenvalue weighted by Gasteiger charge is 2.33. The number of aromatic nitrogens is 3. The number of benzene rings is 1. The van der Waals surface area contributed by atoms with Crippen molar-refractivity contribution in [2.45, 2.75) is 57.9 Å². The quantitative estimate of drug-likeness (QED) is 0.741. The molecule has 3 rings (SSSR count). The number of piperidine rings is 1. The van der Waals surface area contributed by atoms with Crippen molar-refractivity contribution in [3.8, 4) is 0 Å². The first-order chi connectivity index (χ1) is 13.7. The third-order valence-electron chi connectivity index (χ3n) is 5.35. The lowest BCUT2D eigenvalue weighted by molar-refractivity contribution is -0.126. The second kappa shape index (κ2) is 8.79. The van der Waals surface area contributed by atoms with Gasteiger partial charge in [0, 0.05) is 25.7 Å². The van der Waals surface area contributed by atoms with Crippen molar-refractivity contribution in [2.75, 3.05) is 19.6 Å². The molecule has 0 unspecified atom stereocenters. The van der Waals surface area contributed by atoms with E-state index < -0.39 is 10.0 Å². The van der Waals surface area contributed by atoms with Crippen LogP contribution >= 0.6 is 0 Å². The first-order valence-electron chi connectivity index (χ1n) is 10.3. The highest BCUT2D eigenvalue weighted by atomic mass is 32.2. The van der Waals surface area contributed by atoms with E-state index >= 15 is 0 Å². The molecule has 1 atom stereocenters. The highest BCUT2D eigenvalue weighted by molar-refractivity contribution is 7.89. The van der Waals surface area contributed by atoms with Gasteiger partial charge in [-0.1, -0.05) is 19.1 Å². The minimum Gasteiger partial charge on any atom is -0.356 e. The largest absolute Gasteiger partial charge is 0.356 e. The molecule has 0 bridgehead atoms. The van der Waals surface area contributed by atoms with E-state index in [-0.39, 0.29) is 29.3 Å². The summed E-state index contributed by atoms with van der Waals surface area (Å²) in [6.45, 7) is 9.48. The summed E-state index contributed by atoms with van der Waals surface area (Å²) in [5, 5.41) is 11.2. The molecule has 0 aliphatic carbocycles. The number of carbonyl (C=O) groups excluding carboxylic acids is 1. The van der Waals surface area contributed by atoms with Gasteiger partial charge in [0.2, 0.25) is 15.9 Å². The molecule has 160 valence electrons. The van der Waals surface area contributed by atoms with Gasteiger partial charge in [0.25, 0.3) is 0 Å². The van der Waals surface area contributed by atoms with Crippen molar-refractivity contribution in [1.29, 1.82) is 0 Å². The molecule has 2 aromatic rings. The molecular formula is C20H31N5O3S. The summed E-state index contributed by atoms with van der Waals surface area (Å²) in [5.74, 6) is 0.152. The molecule has 0 saturated carbocycles. The van der Waals surface area contributed by atoms with E-state index in [4.69, 9.17) is 0 Å². The Kier molecular flexibility index (Phi) is 6.58. The zero-order valence-electron chi connectivity index (χ0n) is 17.6. The lowest BCUT2D eigenvalue weighted by Gasteiger charge is -2.31. The van der Waals surface area contributed by atoms with E-state index in [0.717, 1.165) is 11.9 Å². The summed E-state index contributed by atoms with van der Waals surface area (Å²) in [4.78, 5) is 12.7. The SMILES string of the molecule is CC(C)CCNC(=O)[C@@H]1CCCN(S(=O)(=O)c2ccc3c(c2)nnn3C(C)C)C1.